The molecule has 6 rings (SSSR count). The van der Waals surface area contributed by atoms with E-state index in [1.165, 1.54) is 17.9 Å². The second-order valence-corrected chi connectivity index (χ2v) is 12.2. The number of aryl methyl sites for hydroxylation is 2. The van der Waals surface area contributed by atoms with E-state index < -0.39 is 0 Å². The van der Waals surface area contributed by atoms with Gasteiger partial charge >= 0.3 is 0 Å². The smallest absolute Gasteiger partial charge is 0.220 e. The topological polar surface area (TPSA) is 131 Å². The molecule has 10 nitrogen and oxygen atoms in total. The van der Waals surface area contributed by atoms with E-state index in [0.717, 1.165) is 47.2 Å². The number of anilines is 1. The molecule has 4 N–H and O–H groups in total. The Morgan fingerprint density at radius 2 is 1.72 bits per heavy atom. The Hall–Kier alpha value is -4.99. The van der Waals surface area contributed by atoms with E-state index in [0.29, 0.717) is 60.7 Å². The number of ether oxygens (including phenoxy) is 3. The first-order valence-electron chi connectivity index (χ1n) is 16.2. The van der Waals surface area contributed by atoms with Gasteiger partial charge in [0.05, 0.1) is 39.1 Å². The Bertz CT molecular complexity index is 1880. The van der Waals surface area contributed by atoms with Gasteiger partial charge in [0.2, 0.25) is 23.0 Å². The van der Waals surface area contributed by atoms with Gasteiger partial charge in [0.1, 0.15) is 0 Å². The summed E-state index contributed by atoms with van der Waals surface area (Å²) in [6, 6.07) is 15.0. The molecule has 0 saturated heterocycles. The molecule has 2 atom stereocenters. The second kappa shape index (κ2) is 13.8. The summed E-state index contributed by atoms with van der Waals surface area (Å²) in [6.45, 7) is 1.92. The van der Waals surface area contributed by atoms with Gasteiger partial charge in [0.15, 0.2) is 11.5 Å². The van der Waals surface area contributed by atoms with Gasteiger partial charge in [-0.15, -0.1) is 0 Å². The van der Waals surface area contributed by atoms with Crippen molar-refractivity contribution in [2.45, 2.75) is 64.0 Å². The number of nitrogens with one attached hydrogen (secondary N) is 4. The van der Waals surface area contributed by atoms with E-state index >= 15 is 0 Å². The first-order chi connectivity index (χ1) is 22.8. The fourth-order valence-corrected chi connectivity index (χ4v) is 7.15. The maximum Gasteiger partial charge on any atom is 0.220 e. The molecular weight excluding hydrogens is 596 g/mol. The number of rotatable bonds is 10. The Morgan fingerprint density at radius 1 is 0.915 bits per heavy atom. The number of hydrogen-bond acceptors (Lipinski definition) is 7. The number of para-hydroxylation sites is 1. The van der Waals surface area contributed by atoms with Gasteiger partial charge in [-0.3, -0.25) is 14.4 Å². The molecule has 0 unspecified atom stereocenters. The minimum atomic E-state index is -0.384. The number of amides is 2. The lowest BCUT2D eigenvalue weighted by Gasteiger charge is -2.24. The zero-order chi connectivity index (χ0) is 33.1. The quantitative estimate of drug-likeness (QED) is 0.163. The van der Waals surface area contributed by atoms with E-state index in [9.17, 15) is 14.4 Å². The summed E-state index contributed by atoms with van der Waals surface area (Å²) >= 11 is 0. The molecule has 10 heteroatoms. The van der Waals surface area contributed by atoms with Crippen LogP contribution in [0, 0.1) is 0 Å². The van der Waals surface area contributed by atoms with E-state index in [1.54, 1.807) is 33.5 Å². The molecule has 47 heavy (non-hydrogen) atoms. The molecule has 0 aliphatic heterocycles. The third kappa shape index (κ3) is 6.37. The molecule has 4 aromatic rings. The third-order valence-electron chi connectivity index (χ3n) is 9.26. The Labute approximate surface area is 274 Å². The molecule has 1 aromatic heterocycles. The Morgan fingerprint density at radius 3 is 2.49 bits per heavy atom. The van der Waals surface area contributed by atoms with Gasteiger partial charge in [-0.1, -0.05) is 24.3 Å². The first kappa shape index (κ1) is 32.0. The number of methoxy groups -OCH3 is 3. The van der Waals surface area contributed by atoms with Crippen molar-refractivity contribution in [1.82, 2.24) is 15.6 Å². The molecule has 0 spiro atoms. The van der Waals surface area contributed by atoms with Crippen LogP contribution in [0.5, 0.6) is 17.2 Å². The van der Waals surface area contributed by atoms with Gasteiger partial charge < -0.3 is 35.1 Å². The van der Waals surface area contributed by atoms with Crippen molar-refractivity contribution in [3.8, 4) is 28.4 Å². The van der Waals surface area contributed by atoms with Crippen molar-refractivity contribution in [3.05, 3.63) is 81.1 Å². The highest BCUT2D eigenvalue weighted by Gasteiger charge is 2.30. The molecule has 246 valence electrons. The molecular formula is C37H42N4O6. The zero-order valence-corrected chi connectivity index (χ0v) is 27.4. The standard InChI is InChI=1S/C37H42N4O6/c1-21(42)39-28-16-14-22-19-32(45-2)36(46-3)37(47-4)34(22)24-15-17-29(31(43)20-26(24)28)38-18-8-13-33(44)40-30-12-7-10-25-23-9-5-6-11-27(23)41-35(25)30/h5-6,9,11,15,17,19-20,28,30,41H,7-8,10,12-14,16,18H2,1-4H3,(H,38,43)(H,39,42)(H,40,44)/t28-,30+/m0/s1. The van der Waals surface area contributed by atoms with Crippen LogP contribution in [0.25, 0.3) is 22.0 Å². The van der Waals surface area contributed by atoms with E-state index in [2.05, 4.69) is 33.1 Å². The number of benzene rings is 2. The van der Waals surface area contributed by atoms with Crippen LogP contribution in [0.2, 0.25) is 0 Å². The van der Waals surface area contributed by atoms with Gasteiger partial charge in [0, 0.05) is 42.0 Å². The average Bonchev–Trinajstić information content (AvgIpc) is 3.30. The summed E-state index contributed by atoms with van der Waals surface area (Å²) in [4.78, 5) is 42.3. The summed E-state index contributed by atoms with van der Waals surface area (Å²) < 4.78 is 17.1. The normalized spacial score (nSPS) is 16.6. The highest BCUT2D eigenvalue weighted by molar-refractivity contribution is 5.86. The van der Waals surface area contributed by atoms with Crippen LogP contribution in [0.3, 0.4) is 0 Å². The lowest BCUT2D eigenvalue weighted by Crippen LogP contribution is -2.31. The number of hydrogen-bond donors (Lipinski definition) is 4. The van der Waals surface area contributed by atoms with Gasteiger partial charge in [0.25, 0.3) is 0 Å². The highest BCUT2D eigenvalue weighted by Crippen LogP contribution is 2.50. The number of aromatic nitrogens is 1. The molecule has 1 heterocycles. The summed E-state index contributed by atoms with van der Waals surface area (Å²) in [7, 11) is 4.71. The zero-order valence-electron chi connectivity index (χ0n) is 27.4. The molecule has 0 bridgehead atoms. The molecule has 0 radical (unpaired) electrons. The van der Waals surface area contributed by atoms with E-state index in [1.807, 2.05) is 24.3 Å². The number of carbonyl (C=O) groups excluding carboxylic acids is 2. The number of fused-ring (bicyclic) bond motifs is 6. The number of carbonyl (C=O) groups is 2. The predicted molar refractivity (Wildman–Crippen MR) is 183 cm³/mol. The highest BCUT2D eigenvalue weighted by atomic mass is 16.5. The van der Waals surface area contributed by atoms with Crippen LogP contribution in [0.4, 0.5) is 5.69 Å². The van der Waals surface area contributed by atoms with Crippen LogP contribution >= 0.6 is 0 Å². The van der Waals surface area contributed by atoms with E-state index in [4.69, 9.17) is 14.2 Å². The largest absolute Gasteiger partial charge is 0.493 e. The van der Waals surface area contributed by atoms with Crippen molar-refractivity contribution in [2.24, 2.45) is 0 Å². The van der Waals surface area contributed by atoms with Crippen LogP contribution in [-0.2, 0) is 22.4 Å². The van der Waals surface area contributed by atoms with Gasteiger partial charge in [-0.25, -0.2) is 0 Å². The van der Waals surface area contributed by atoms with Gasteiger partial charge in [-0.05, 0) is 85.0 Å². The molecule has 3 aromatic carbocycles. The minimum absolute atomic E-state index is 0.0118. The average molecular weight is 639 g/mol. The monoisotopic (exact) mass is 638 g/mol. The maximum absolute atomic E-state index is 13.6. The van der Waals surface area contributed by atoms with Crippen LogP contribution in [-0.4, -0.2) is 44.7 Å². The van der Waals surface area contributed by atoms with Crippen LogP contribution in [0.1, 0.15) is 73.5 Å². The fraction of sp³-hybridized carbons (Fsp3) is 0.378. The molecule has 0 fully saturated rings. The SMILES string of the molecule is COc1cc2c(c(OC)c1OC)-c1ccc(NCCCC(=O)N[C@@H]3CCCc4c3[nH]c3ccccc43)c(=O)cc1[C@@H](NC(C)=O)CC2. The minimum Gasteiger partial charge on any atom is -0.493 e. The van der Waals surface area contributed by atoms with Crippen molar-refractivity contribution < 1.29 is 23.8 Å². The summed E-state index contributed by atoms with van der Waals surface area (Å²) in [5.41, 5.74) is 6.96. The van der Waals surface area contributed by atoms with Crippen LogP contribution < -0.4 is 35.6 Å². The molecule has 2 aliphatic rings. The third-order valence-corrected chi connectivity index (χ3v) is 9.26. The van der Waals surface area contributed by atoms with Crippen molar-refractivity contribution in [1.29, 1.82) is 0 Å². The Kier molecular flexibility index (Phi) is 9.38. The molecule has 2 aliphatic carbocycles. The summed E-state index contributed by atoms with van der Waals surface area (Å²) in [6.07, 6.45) is 5.04. The van der Waals surface area contributed by atoms with Crippen LogP contribution in [0.15, 0.2) is 53.3 Å². The number of H-pyrrole nitrogens is 1. The lowest BCUT2D eigenvalue weighted by atomic mass is 9.91. The predicted octanol–water partition coefficient (Wildman–Crippen LogP) is 5.73. The van der Waals surface area contributed by atoms with Crippen molar-refractivity contribution >= 4 is 28.4 Å². The lowest BCUT2D eigenvalue weighted by molar-refractivity contribution is -0.122. The second-order valence-electron chi connectivity index (χ2n) is 12.2. The summed E-state index contributed by atoms with van der Waals surface area (Å²) in [5, 5.41) is 10.7. The first-order valence-corrected chi connectivity index (χ1v) is 16.2. The fourth-order valence-electron chi connectivity index (χ4n) is 7.15. The summed E-state index contributed by atoms with van der Waals surface area (Å²) in [5.74, 6) is 1.31. The van der Waals surface area contributed by atoms with E-state index in [-0.39, 0.29) is 29.3 Å². The van der Waals surface area contributed by atoms with Crippen molar-refractivity contribution in [3.63, 3.8) is 0 Å². The molecule has 2 amide bonds. The molecule has 0 saturated carbocycles. The number of aromatic amines is 1. The van der Waals surface area contributed by atoms with Crippen molar-refractivity contribution in [2.75, 3.05) is 33.2 Å². The Balaban J connectivity index is 1.20. The van der Waals surface area contributed by atoms with Gasteiger partial charge in [-0.2, -0.15) is 0 Å². The maximum atomic E-state index is 13.6.